The van der Waals surface area contributed by atoms with Gasteiger partial charge in [0.1, 0.15) is 5.82 Å². The van der Waals surface area contributed by atoms with E-state index in [9.17, 15) is 14.0 Å². The molecular formula is C20H19FO3S. The summed E-state index contributed by atoms with van der Waals surface area (Å²) >= 11 is 0.887. The first kappa shape index (κ1) is 18.9. The van der Waals surface area contributed by atoms with Gasteiger partial charge in [-0.25, -0.2) is 4.39 Å². The Morgan fingerprint density at radius 1 is 1.08 bits per heavy atom. The number of hydrogen-bond donors (Lipinski definition) is 1. The molecule has 0 saturated carbocycles. The van der Waals surface area contributed by atoms with Crippen LogP contribution in [0.2, 0.25) is 0 Å². The van der Waals surface area contributed by atoms with Gasteiger partial charge in [0, 0.05) is 10.5 Å². The van der Waals surface area contributed by atoms with Gasteiger partial charge < -0.3 is 5.11 Å². The number of carbonyl (C=O) groups excluding carboxylic acids is 1. The number of aryl methyl sites for hydroxylation is 3. The minimum Gasteiger partial charge on any atom is -0.481 e. The van der Waals surface area contributed by atoms with Crippen LogP contribution in [0.3, 0.4) is 0 Å². The van der Waals surface area contributed by atoms with Crippen LogP contribution in [0.5, 0.6) is 0 Å². The molecule has 0 atom stereocenters. The summed E-state index contributed by atoms with van der Waals surface area (Å²) in [5.41, 5.74) is 4.58. The molecule has 0 aliphatic rings. The highest BCUT2D eigenvalue weighted by Crippen LogP contribution is 2.23. The highest BCUT2D eigenvalue weighted by molar-refractivity contribution is 8.00. The van der Waals surface area contributed by atoms with Gasteiger partial charge in [-0.05, 0) is 67.3 Å². The number of ketones is 1. The lowest BCUT2D eigenvalue weighted by Gasteiger charge is -2.06. The van der Waals surface area contributed by atoms with E-state index in [-0.39, 0.29) is 22.0 Å². The van der Waals surface area contributed by atoms with Crippen LogP contribution in [0.15, 0.2) is 41.3 Å². The number of carbonyl (C=O) groups is 2. The number of benzene rings is 2. The minimum atomic E-state index is -1.02. The molecule has 5 heteroatoms. The standard InChI is InChI=1S/C20H19FO3S/c1-12-8-14(3)15(9-13(12)2)4-6-18(22)16-5-7-19(17(21)10-16)25-11-20(23)24/h4-10H,11H2,1-3H3,(H,23,24)/b6-4+. The topological polar surface area (TPSA) is 54.4 Å². The Labute approximate surface area is 150 Å². The van der Waals surface area contributed by atoms with Crippen molar-refractivity contribution >= 4 is 29.6 Å². The van der Waals surface area contributed by atoms with E-state index in [1.807, 2.05) is 26.8 Å². The average molecular weight is 358 g/mol. The van der Waals surface area contributed by atoms with Gasteiger partial charge in [-0.15, -0.1) is 11.8 Å². The van der Waals surface area contributed by atoms with Crippen LogP contribution in [0.1, 0.15) is 32.6 Å². The molecular weight excluding hydrogens is 339 g/mol. The van der Waals surface area contributed by atoms with Gasteiger partial charge in [0.25, 0.3) is 0 Å². The van der Waals surface area contributed by atoms with Crippen molar-refractivity contribution in [1.82, 2.24) is 0 Å². The third-order valence-corrected chi connectivity index (χ3v) is 4.90. The highest BCUT2D eigenvalue weighted by Gasteiger charge is 2.10. The van der Waals surface area contributed by atoms with E-state index in [2.05, 4.69) is 6.07 Å². The lowest BCUT2D eigenvalue weighted by molar-refractivity contribution is -0.133. The maximum absolute atomic E-state index is 14.0. The first-order valence-electron chi connectivity index (χ1n) is 7.72. The summed E-state index contributed by atoms with van der Waals surface area (Å²) in [5.74, 6) is -2.13. The monoisotopic (exact) mass is 358 g/mol. The van der Waals surface area contributed by atoms with Crippen molar-refractivity contribution < 1.29 is 19.1 Å². The fourth-order valence-electron chi connectivity index (χ4n) is 2.33. The summed E-state index contributed by atoms with van der Waals surface area (Å²) in [4.78, 5) is 23.0. The first-order chi connectivity index (χ1) is 11.8. The Kier molecular flexibility index (Phi) is 6.15. The Hall–Kier alpha value is -2.40. The lowest BCUT2D eigenvalue weighted by Crippen LogP contribution is -2.00. The van der Waals surface area contributed by atoms with Crippen LogP contribution >= 0.6 is 11.8 Å². The molecule has 2 rings (SSSR count). The van der Waals surface area contributed by atoms with Gasteiger partial charge >= 0.3 is 5.97 Å². The van der Waals surface area contributed by atoms with Gasteiger partial charge in [-0.1, -0.05) is 18.2 Å². The number of rotatable bonds is 6. The van der Waals surface area contributed by atoms with E-state index < -0.39 is 11.8 Å². The second kappa shape index (κ2) is 8.12. The number of halogens is 1. The molecule has 0 amide bonds. The van der Waals surface area contributed by atoms with Crippen LogP contribution in [-0.2, 0) is 4.79 Å². The van der Waals surface area contributed by atoms with E-state index in [4.69, 9.17) is 5.11 Å². The summed E-state index contributed by atoms with van der Waals surface area (Å²) in [7, 11) is 0. The average Bonchev–Trinajstić information content (AvgIpc) is 2.55. The first-order valence-corrected chi connectivity index (χ1v) is 8.71. The van der Waals surface area contributed by atoms with Crippen molar-refractivity contribution in [3.05, 3.63) is 70.0 Å². The number of thioether (sulfide) groups is 1. The number of carboxylic acids is 1. The molecule has 2 aromatic carbocycles. The maximum atomic E-state index is 14.0. The zero-order valence-corrected chi connectivity index (χ0v) is 15.1. The number of hydrogen-bond acceptors (Lipinski definition) is 3. The third kappa shape index (κ3) is 5.03. The molecule has 1 N–H and O–H groups in total. The second-order valence-electron chi connectivity index (χ2n) is 5.82. The summed E-state index contributed by atoms with van der Waals surface area (Å²) < 4.78 is 14.0. The van der Waals surface area contributed by atoms with Crippen molar-refractivity contribution in [2.24, 2.45) is 0 Å². The molecule has 0 heterocycles. The van der Waals surface area contributed by atoms with E-state index in [1.54, 1.807) is 6.08 Å². The molecule has 2 aromatic rings. The molecule has 0 unspecified atom stereocenters. The smallest absolute Gasteiger partial charge is 0.313 e. The largest absolute Gasteiger partial charge is 0.481 e. The summed E-state index contributed by atoms with van der Waals surface area (Å²) in [6.45, 7) is 6.02. The molecule has 25 heavy (non-hydrogen) atoms. The van der Waals surface area contributed by atoms with Crippen LogP contribution < -0.4 is 0 Å². The van der Waals surface area contributed by atoms with E-state index >= 15 is 0 Å². The predicted octanol–water partition coefficient (Wildman–Crippen LogP) is 4.82. The zero-order chi connectivity index (χ0) is 18.6. The molecule has 0 aliphatic heterocycles. The summed E-state index contributed by atoms with van der Waals surface area (Å²) in [5, 5.41) is 8.64. The molecule has 0 radical (unpaired) electrons. The van der Waals surface area contributed by atoms with Crippen LogP contribution in [0, 0.1) is 26.6 Å². The normalized spacial score (nSPS) is 11.0. The molecule has 0 fully saturated rings. The fraction of sp³-hybridized carbons (Fsp3) is 0.200. The quantitative estimate of drug-likeness (QED) is 0.457. The summed E-state index contributed by atoms with van der Waals surface area (Å²) in [6.07, 6.45) is 3.16. The van der Waals surface area contributed by atoms with Crippen LogP contribution in [0.4, 0.5) is 4.39 Å². The van der Waals surface area contributed by atoms with Gasteiger partial charge in [0.05, 0.1) is 5.75 Å². The SMILES string of the molecule is Cc1cc(C)c(/C=C/C(=O)c2ccc(SCC(=O)O)c(F)c2)cc1C. The second-order valence-corrected chi connectivity index (χ2v) is 6.84. The Morgan fingerprint density at radius 3 is 2.40 bits per heavy atom. The van der Waals surface area contributed by atoms with Crippen LogP contribution in [-0.4, -0.2) is 22.6 Å². The van der Waals surface area contributed by atoms with E-state index in [0.717, 1.165) is 34.5 Å². The van der Waals surface area contributed by atoms with Gasteiger partial charge in [-0.2, -0.15) is 0 Å². The molecule has 0 bridgehead atoms. The number of aliphatic carboxylic acids is 1. The summed E-state index contributed by atoms with van der Waals surface area (Å²) in [6, 6.07) is 8.16. The number of carboxylic acid groups (broad SMARTS) is 1. The van der Waals surface area contributed by atoms with Crippen molar-refractivity contribution in [2.45, 2.75) is 25.7 Å². The van der Waals surface area contributed by atoms with Crippen molar-refractivity contribution in [3.8, 4) is 0 Å². The molecule has 0 spiro atoms. The zero-order valence-electron chi connectivity index (χ0n) is 14.3. The van der Waals surface area contributed by atoms with Crippen LogP contribution in [0.25, 0.3) is 6.08 Å². The highest BCUT2D eigenvalue weighted by atomic mass is 32.2. The van der Waals surface area contributed by atoms with Crippen molar-refractivity contribution in [1.29, 1.82) is 0 Å². The molecule has 3 nitrogen and oxygen atoms in total. The molecule has 0 aliphatic carbocycles. The van der Waals surface area contributed by atoms with E-state index in [0.29, 0.717) is 0 Å². The van der Waals surface area contributed by atoms with Crippen molar-refractivity contribution in [3.63, 3.8) is 0 Å². The maximum Gasteiger partial charge on any atom is 0.313 e. The van der Waals surface area contributed by atoms with Gasteiger partial charge in [0.15, 0.2) is 5.78 Å². The fourth-order valence-corrected chi connectivity index (χ4v) is 2.97. The van der Waals surface area contributed by atoms with E-state index in [1.165, 1.54) is 23.8 Å². The molecule has 0 saturated heterocycles. The van der Waals surface area contributed by atoms with Crippen molar-refractivity contribution in [2.75, 3.05) is 5.75 Å². The predicted molar refractivity (Wildman–Crippen MR) is 98.8 cm³/mol. The van der Waals surface area contributed by atoms with Gasteiger partial charge in [-0.3, -0.25) is 9.59 Å². The lowest BCUT2D eigenvalue weighted by atomic mass is 10.00. The van der Waals surface area contributed by atoms with Gasteiger partial charge in [0.2, 0.25) is 0 Å². The molecule has 0 aromatic heterocycles. The Morgan fingerprint density at radius 2 is 1.76 bits per heavy atom. The third-order valence-electron chi connectivity index (χ3n) is 3.86. The molecule has 130 valence electrons. The Bertz CT molecular complexity index is 856. The minimum absolute atomic E-state index is 0.216. The Balaban J connectivity index is 2.17. The number of allylic oxidation sites excluding steroid dienone is 1.